The number of nitrogens with one attached hydrogen (secondary N) is 2. The average Bonchev–Trinajstić information content (AvgIpc) is 3.05. The smallest absolute Gasteiger partial charge is 0.158 e. The molecular formula is C21H29N5OS. The molecule has 1 fully saturated rings. The summed E-state index contributed by atoms with van der Waals surface area (Å²) in [6.07, 6.45) is 1.01. The van der Waals surface area contributed by atoms with Crippen LogP contribution in [0, 0.1) is 0 Å². The maximum absolute atomic E-state index is 5.56. The highest BCUT2D eigenvalue weighted by Crippen LogP contribution is 2.39. The third-order valence-corrected chi connectivity index (χ3v) is 6.37. The van der Waals surface area contributed by atoms with Gasteiger partial charge in [-0.25, -0.2) is 9.98 Å². The Bertz CT molecular complexity index is 847. The third kappa shape index (κ3) is 4.06. The van der Waals surface area contributed by atoms with Gasteiger partial charge < -0.3 is 20.3 Å². The first kappa shape index (κ1) is 19.4. The lowest BCUT2D eigenvalue weighted by Gasteiger charge is -2.35. The van der Waals surface area contributed by atoms with Crippen LogP contribution < -0.4 is 10.6 Å². The molecule has 4 rings (SSSR count). The number of piperazine rings is 1. The van der Waals surface area contributed by atoms with Crippen LogP contribution in [0.5, 0.6) is 0 Å². The second-order valence-corrected chi connectivity index (χ2v) is 8.58. The molecular weight excluding hydrogens is 370 g/mol. The number of nitrogens with zero attached hydrogens (tertiary/aromatic N) is 3. The second-order valence-electron chi connectivity index (χ2n) is 7.54. The fourth-order valence-corrected chi connectivity index (χ4v) is 4.56. The van der Waals surface area contributed by atoms with Gasteiger partial charge in [-0.3, -0.25) is 0 Å². The first-order valence-corrected chi connectivity index (χ1v) is 11.0. The summed E-state index contributed by atoms with van der Waals surface area (Å²) in [7, 11) is 0. The quantitative estimate of drug-likeness (QED) is 0.741. The number of hydrogen-bond acceptors (Lipinski definition) is 7. The molecule has 0 radical (unpaired) electrons. The van der Waals surface area contributed by atoms with E-state index in [0.29, 0.717) is 12.0 Å². The Labute approximate surface area is 171 Å². The van der Waals surface area contributed by atoms with Crippen molar-refractivity contribution in [2.45, 2.75) is 39.2 Å². The number of rotatable bonds is 5. The molecule has 1 unspecified atom stereocenters. The molecule has 1 atom stereocenters. The predicted molar refractivity (Wildman–Crippen MR) is 117 cm³/mol. The predicted octanol–water partition coefficient (Wildman–Crippen LogP) is 4.10. The van der Waals surface area contributed by atoms with Crippen molar-refractivity contribution >= 4 is 33.5 Å². The Kier molecular flexibility index (Phi) is 5.94. The van der Waals surface area contributed by atoms with Crippen LogP contribution in [0.3, 0.4) is 0 Å². The highest BCUT2D eigenvalue weighted by atomic mass is 32.1. The van der Waals surface area contributed by atoms with Gasteiger partial charge in [-0.1, -0.05) is 26.0 Å². The van der Waals surface area contributed by atoms with Gasteiger partial charge in [0.2, 0.25) is 0 Å². The van der Waals surface area contributed by atoms with Gasteiger partial charge >= 0.3 is 0 Å². The highest BCUT2D eigenvalue weighted by molar-refractivity contribution is 7.16. The first-order valence-electron chi connectivity index (χ1n) is 10.2. The SMILES string of the molecule is CCOCCC1CN(C2=Nc3ccccc3Nc3sc(C(C)C)nc32)CCN1. The molecule has 28 heavy (non-hydrogen) atoms. The molecule has 6 nitrogen and oxygen atoms in total. The number of ether oxygens (including phenoxy) is 1. The monoisotopic (exact) mass is 399 g/mol. The summed E-state index contributed by atoms with van der Waals surface area (Å²) in [6, 6.07) is 8.64. The summed E-state index contributed by atoms with van der Waals surface area (Å²) in [6.45, 7) is 10.8. The summed E-state index contributed by atoms with van der Waals surface area (Å²) in [5, 5.41) is 9.44. The van der Waals surface area contributed by atoms with Crippen molar-refractivity contribution in [3.8, 4) is 0 Å². The first-order chi connectivity index (χ1) is 13.7. The Morgan fingerprint density at radius 1 is 1.32 bits per heavy atom. The van der Waals surface area contributed by atoms with Gasteiger partial charge in [-0.05, 0) is 25.5 Å². The Balaban J connectivity index is 1.66. The van der Waals surface area contributed by atoms with Crippen LogP contribution in [-0.2, 0) is 4.74 Å². The molecule has 1 saturated heterocycles. The van der Waals surface area contributed by atoms with E-state index >= 15 is 0 Å². The lowest BCUT2D eigenvalue weighted by Crippen LogP contribution is -2.53. The van der Waals surface area contributed by atoms with Crippen LogP contribution in [0.15, 0.2) is 29.3 Å². The summed E-state index contributed by atoms with van der Waals surface area (Å²) in [4.78, 5) is 12.5. The third-order valence-electron chi connectivity index (χ3n) is 5.10. The topological polar surface area (TPSA) is 61.8 Å². The fraction of sp³-hybridized carbons (Fsp3) is 0.524. The van der Waals surface area contributed by atoms with Crippen molar-refractivity contribution in [2.24, 2.45) is 4.99 Å². The van der Waals surface area contributed by atoms with Crippen LogP contribution in [0.2, 0.25) is 0 Å². The normalized spacial score (nSPS) is 18.9. The van der Waals surface area contributed by atoms with Crippen LogP contribution in [0.4, 0.5) is 16.4 Å². The highest BCUT2D eigenvalue weighted by Gasteiger charge is 2.29. The zero-order valence-corrected chi connectivity index (χ0v) is 17.7. The number of amidine groups is 1. The number of thiazole rings is 1. The standard InChI is InChI=1S/C21H29N5OS/c1-4-27-12-9-15-13-26(11-10-22-15)19-18-21(28-20(25-18)14(2)3)24-17-8-6-5-7-16(17)23-19/h5-8,14-15,22,24H,4,9-13H2,1-3H3. The van der Waals surface area contributed by atoms with Crippen LogP contribution in [0.1, 0.15) is 43.8 Å². The number of aromatic nitrogens is 1. The van der Waals surface area contributed by atoms with Crippen LogP contribution in [-0.4, -0.2) is 54.6 Å². The number of aliphatic imine (C=N–C) groups is 1. The maximum Gasteiger partial charge on any atom is 0.158 e. The lowest BCUT2D eigenvalue weighted by molar-refractivity contribution is 0.128. The molecule has 2 aliphatic heterocycles. The minimum absolute atomic E-state index is 0.400. The van der Waals surface area contributed by atoms with Crippen molar-refractivity contribution in [1.29, 1.82) is 0 Å². The zero-order valence-electron chi connectivity index (χ0n) is 16.9. The minimum Gasteiger partial charge on any atom is -0.382 e. The molecule has 2 aliphatic rings. The van der Waals surface area contributed by atoms with Gasteiger partial charge in [0, 0.05) is 44.8 Å². The molecule has 2 N–H and O–H groups in total. The number of hydrogen-bond donors (Lipinski definition) is 2. The second kappa shape index (κ2) is 8.59. The van der Waals surface area contributed by atoms with Crippen LogP contribution in [0.25, 0.3) is 0 Å². The molecule has 0 spiro atoms. The minimum atomic E-state index is 0.400. The summed E-state index contributed by atoms with van der Waals surface area (Å²) in [5.41, 5.74) is 2.99. The van der Waals surface area contributed by atoms with Gasteiger partial charge in [0.05, 0.1) is 16.4 Å². The van der Waals surface area contributed by atoms with E-state index in [9.17, 15) is 0 Å². The molecule has 0 bridgehead atoms. The van der Waals surface area contributed by atoms with Crippen molar-refractivity contribution in [3.63, 3.8) is 0 Å². The largest absolute Gasteiger partial charge is 0.382 e. The Hall–Kier alpha value is -1.96. The number of para-hydroxylation sites is 2. The number of fused-ring (bicyclic) bond motifs is 2. The number of anilines is 2. The molecule has 150 valence electrons. The molecule has 1 aromatic heterocycles. The average molecular weight is 400 g/mol. The van der Waals surface area contributed by atoms with E-state index in [1.54, 1.807) is 11.3 Å². The van der Waals surface area contributed by atoms with Crippen molar-refractivity contribution in [2.75, 3.05) is 38.2 Å². The molecule has 7 heteroatoms. The lowest BCUT2D eigenvalue weighted by atomic mass is 10.1. The van der Waals surface area contributed by atoms with E-state index in [4.69, 9.17) is 14.7 Å². The van der Waals surface area contributed by atoms with E-state index in [2.05, 4.69) is 41.5 Å². The number of benzene rings is 1. The molecule has 2 aromatic rings. The molecule has 0 saturated carbocycles. The zero-order chi connectivity index (χ0) is 19.5. The van der Waals surface area contributed by atoms with Crippen molar-refractivity contribution < 1.29 is 4.74 Å². The summed E-state index contributed by atoms with van der Waals surface area (Å²) < 4.78 is 5.56. The molecule has 0 aliphatic carbocycles. The Morgan fingerprint density at radius 3 is 3.00 bits per heavy atom. The van der Waals surface area contributed by atoms with Gasteiger partial charge in [-0.2, -0.15) is 0 Å². The molecule has 3 heterocycles. The van der Waals surface area contributed by atoms with Crippen LogP contribution >= 0.6 is 11.3 Å². The van der Waals surface area contributed by atoms with Crippen molar-refractivity contribution in [1.82, 2.24) is 15.2 Å². The van der Waals surface area contributed by atoms with E-state index in [1.807, 2.05) is 19.1 Å². The van der Waals surface area contributed by atoms with Gasteiger partial charge in [0.1, 0.15) is 10.7 Å². The van der Waals surface area contributed by atoms with E-state index in [0.717, 1.165) is 72.2 Å². The van der Waals surface area contributed by atoms with Gasteiger partial charge in [0.25, 0.3) is 0 Å². The Morgan fingerprint density at radius 2 is 2.18 bits per heavy atom. The van der Waals surface area contributed by atoms with E-state index < -0.39 is 0 Å². The van der Waals surface area contributed by atoms with Gasteiger partial charge in [0.15, 0.2) is 5.84 Å². The fourth-order valence-electron chi connectivity index (χ4n) is 3.59. The molecule has 1 aromatic carbocycles. The summed E-state index contributed by atoms with van der Waals surface area (Å²) in [5.74, 6) is 1.38. The molecule has 0 amide bonds. The maximum atomic E-state index is 5.56. The van der Waals surface area contributed by atoms with E-state index in [-0.39, 0.29) is 0 Å². The van der Waals surface area contributed by atoms with Gasteiger partial charge in [-0.15, -0.1) is 11.3 Å². The van der Waals surface area contributed by atoms with E-state index in [1.165, 1.54) is 0 Å². The summed E-state index contributed by atoms with van der Waals surface area (Å²) >= 11 is 1.74. The van der Waals surface area contributed by atoms with Crippen molar-refractivity contribution in [3.05, 3.63) is 35.0 Å².